The SMILES string of the molecule is C[C@@H](NC(=O)OC(C)(C)C)C(=O)OCCN. The highest BCUT2D eigenvalue weighted by Gasteiger charge is 2.21. The molecule has 0 aromatic carbocycles. The molecule has 0 aliphatic heterocycles. The first kappa shape index (κ1) is 14.7. The highest BCUT2D eigenvalue weighted by atomic mass is 16.6. The van der Waals surface area contributed by atoms with Crippen LogP contribution in [0.1, 0.15) is 27.7 Å². The highest BCUT2D eigenvalue weighted by molar-refractivity contribution is 5.80. The van der Waals surface area contributed by atoms with Crippen molar-refractivity contribution in [2.24, 2.45) is 5.73 Å². The van der Waals surface area contributed by atoms with Crippen LogP contribution in [-0.4, -0.2) is 36.9 Å². The number of nitrogens with two attached hydrogens (primary N) is 1. The molecule has 0 saturated heterocycles. The molecule has 0 bridgehead atoms. The molecule has 0 aromatic rings. The fraction of sp³-hybridized carbons (Fsp3) is 0.800. The minimum atomic E-state index is -0.749. The van der Waals surface area contributed by atoms with E-state index in [0.717, 1.165) is 0 Å². The Kier molecular flexibility index (Phi) is 5.81. The summed E-state index contributed by atoms with van der Waals surface area (Å²) in [5, 5.41) is 2.37. The van der Waals surface area contributed by atoms with E-state index in [1.54, 1.807) is 20.8 Å². The lowest BCUT2D eigenvalue weighted by Crippen LogP contribution is -2.42. The summed E-state index contributed by atoms with van der Waals surface area (Å²) in [6.07, 6.45) is -0.648. The molecule has 6 nitrogen and oxygen atoms in total. The van der Waals surface area contributed by atoms with Gasteiger partial charge in [0, 0.05) is 6.54 Å². The highest BCUT2D eigenvalue weighted by Crippen LogP contribution is 2.06. The lowest BCUT2D eigenvalue weighted by atomic mass is 10.2. The van der Waals surface area contributed by atoms with Gasteiger partial charge >= 0.3 is 12.1 Å². The Balaban J connectivity index is 3.99. The van der Waals surface area contributed by atoms with E-state index in [2.05, 4.69) is 5.32 Å². The standard InChI is InChI=1S/C10H20N2O4/c1-7(8(13)15-6-5-11)12-9(14)16-10(2,3)4/h7H,5-6,11H2,1-4H3,(H,12,14)/t7-/m1/s1. The van der Waals surface area contributed by atoms with Crippen molar-refractivity contribution in [3.63, 3.8) is 0 Å². The van der Waals surface area contributed by atoms with Crippen LogP contribution < -0.4 is 11.1 Å². The average molecular weight is 232 g/mol. The molecule has 0 spiro atoms. The van der Waals surface area contributed by atoms with Gasteiger partial charge in [-0.2, -0.15) is 0 Å². The molecule has 0 fully saturated rings. The monoisotopic (exact) mass is 232 g/mol. The summed E-state index contributed by atoms with van der Waals surface area (Å²) in [6.45, 7) is 7.13. The van der Waals surface area contributed by atoms with Crippen LogP contribution in [0.25, 0.3) is 0 Å². The van der Waals surface area contributed by atoms with Gasteiger partial charge in [0.15, 0.2) is 0 Å². The lowest BCUT2D eigenvalue weighted by molar-refractivity contribution is -0.145. The predicted molar refractivity (Wildman–Crippen MR) is 58.8 cm³/mol. The van der Waals surface area contributed by atoms with E-state index >= 15 is 0 Å². The van der Waals surface area contributed by atoms with Crippen molar-refractivity contribution in [3.8, 4) is 0 Å². The first-order valence-corrected chi connectivity index (χ1v) is 5.12. The molecule has 0 radical (unpaired) electrons. The van der Waals surface area contributed by atoms with Crippen molar-refractivity contribution in [1.29, 1.82) is 0 Å². The summed E-state index contributed by atoms with van der Waals surface area (Å²) in [7, 11) is 0. The first-order valence-electron chi connectivity index (χ1n) is 5.12. The van der Waals surface area contributed by atoms with Crippen molar-refractivity contribution >= 4 is 12.1 Å². The van der Waals surface area contributed by atoms with Gasteiger partial charge in [0.2, 0.25) is 0 Å². The van der Waals surface area contributed by atoms with Crippen LogP contribution in [0.5, 0.6) is 0 Å². The van der Waals surface area contributed by atoms with E-state index in [0.29, 0.717) is 0 Å². The summed E-state index contributed by atoms with van der Waals surface area (Å²) >= 11 is 0. The van der Waals surface area contributed by atoms with E-state index in [9.17, 15) is 9.59 Å². The topological polar surface area (TPSA) is 90.6 Å². The molecule has 0 heterocycles. The maximum Gasteiger partial charge on any atom is 0.408 e. The Hall–Kier alpha value is -1.30. The van der Waals surface area contributed by atoms with Gasteiger partial charge in [-0.15, -0.1) is 0 Å². The van der Waals surface area contributed by atoms with Gasteiger partial charge in [-0.25, -0.2) is 9.59 Å². The summed E-state index contributed by atoms with van der Waals surface area (Å²) < 4.78 is 9.73. The normalized spacial score (nSPS) is 12.8. The zero-order chi connectivity index (χ0) is 12.8. The van der Waals surface area contributed by atoms with Gasteiger partial charge in [0.25, 0.3) is 0 Å². The van der Waals surface area contributed by atoms with Crippen molar-refractivity contribution in [3.05, 3.63) is 0 Å². The van der Waals surface area contributed by atoms with Crippen LogP contribution in [0.4, 0.5) is 4.79 Å². The number of hydrogen-bond acceptors (Lipinski definition) is 5. The molecule has 0 saturated carbocycles. The molecule has 94 valence electrons. The van der Waals surface area contributed by atoms with Crippen molar-refractivity contribution < 1.29 is 19.1 Å². The summed E-state index contributed by atoms with van der Waals surface area (Å²) in [6, 6.07) is -0.749. The van der Waals surface area contributed by atoms with E-state index < -0.39 is 23.7 Å². The zero-order valence-corrected chi connectivity index (χ0v) is 10.2. The third-order valence-corrected chi connectivity index (χ3v) is 1.45. The van der Waals surface area contributed by atoms with E-state index in [4.69, 9.17) is 15.2 Å². The van der Waals surface area contributed by atoms with E-state index in [1.807, 2.05) is 0 Å². The summed E-state index contributed by atoms with van der Waals surface area (Å²) in [5.41, 5.74) is 4.58. The summed E-state index contributed by atoms with van der Waals surface area (Å²) in [4.78, 5) is 22.5. The molecular formula is C10H20N2O4. The van der Waals surface area contributed by atoms with Crippen LogP contribution in [0.15, 0.2) is 0 Å². The maximum absolute atomic E-state index is 11.3. The summed E-state index contributed by atoms with van der Waals surface area (Å²) in [5.74, 6) is -0.531. The second kappa shape index (κ2) is 6.32. The van der Waals surface area contributed by atoms with Crippen LogP contribution in [0.2, 0.25) is 0 Å². The second-order valence-electron chi connectivity index (χ2n) is 4.32. The maximum atomic E-state index is 11.3. The van der Waals surface area contributed by atoms with Gasteiger partial charge < -0.3 is 20.5 Å². The number of ether oxygens (including phenoxy) is 2. The minimum Gasteiger partial charge on any atom is -0.463 e. The molecule has 0 unspecified atom stereocenters. The number of carbonyl (C=O) groups is 2. The Morgan fingerprint density at radius 2 is 1.94 bits per heavy atom. The predicted octanol–water partition coefficient (Wildman–Crippen LogP) is 0.402. The van der Waals surface area contributed by atoms with Crippen LogP contribution in [0.3, 0.4) is 0 Å². The molecule has 0 aliphatic carbocycles. The zero-order valence-electron chi connectivity index (χ0n) is 10.2. The Morgan fingerprint density at radius 3 is 2.38 bits per heavy atom. The number of amides is 1. The van der Waals surface area contributed by atoms with Crippen LogP contribution >= 0.6 is 0 Å². The third kappa shape index (κ3) is 7.05. The fourth-order valence-electron chi connectivity index (χ4n) is 0.828. The number of hydrogen-bond donors (Lipinski definition) is 2. The van der Waals surface area contributed by atoms with Gasteiger partial charge in [-0.05, 0) is 27.7 Å². The van der Waals surface area contributed by atoms with Gasteiger partial charge in [-0.1, -0.05) is 0 Å². The van der Waals surface area contributed by atoms with Crippen LogP contribution in [0, 0.1) is 0 Å². The van der Waals surface area contributed by atoms with Crippen molar-refractivity contribution in [2.75, 3.05) is 13.2 Å². The number of nitrogens with one attached hydrogen (secondary N) is 1. The quantitative estimate of drug-likeness (QED) is 0.685. The Bertz CT molecular complexity index is 248. The van der Waals surface area contributed by atoms with Crippen LogP contribution in [-0.2, 0) is 14.3 Å². The second-order valence-corrected chi connectivity index (χ2v) is 4.32. The number of alkyl carbamates (subject to hydrolysis) is 1. The van der Waals surface area contributed by atoms with E-state index in [1.165, 1.54) is 6.92 Å². The molecule has 3 N–H and O–H groups in total. The number of rotatable bonds is 4. The molecule has 16 heavy (non-hydrogen) atoms. The smallest absolute Gasteiger partial charge is 0.408 e. The minimum absolute atomic E-state index is 0.138. The lowest BCUT2D eigenvalue weighted by Gasteiger charge is -2.21. The third-order valence-electron chi connectivity index (χ3n) is 1.45. The van der Waals surface area contributed by atoms with Crippen molar-refractivity contribution in [2.45, 2.75) is 39.3 Å². The molecule has 0 aromatic heterocycles. The van der Waals surface area contributed by atoms with Gasteiger partial charge in [-0.3, -0.25) is 0 Å². The molecular weight excluding hydrogens is 212 g/mol. The largest absolute Gasteiger partial charge is 0.463 e. The Morgan fingerprint density at radius 1 is 1.38 bits per heavy atom. The molecule has 6 heteroatoms. The molecule has 1 amide bonds. The Labute approximate surface area is 95.5 Å². The van der Waals surface area contributed by atoms with Gasteiger partial charge in [0.05, 0.1) is 0 Å². The molecule has 0 rings (SSSR count). The first-order chi connectivity index (χ1) is 7.26. The number of esters is 1. The fourth-order valence-corrected chi connectivity index (χ4v) is 0.828. The number of carbonyl (C=O) groups excluding carboxylic acids is 2. The van der Waals surface area contributed by atoms with E-state index in [-0.39, 0.29) is 13.2 Å². The molecule has 0 aliphatic rings. The molecule has 1 atom stereocenters. The van der Waals surface area contributed by atoms with Crippen molar-refractivity contribution in [1.82, 2.24) is 5.32 Å². The van der Waals surface area contributed by atoms with Gasteiger partial charge in [0.1, 0.15) is 18.2 Å². The average Bonchev–Trinajstić information content (AvgIpc) is 2.10.